The molecule has 2 rings (SSSR count). The van der Waals surface area contributed by atoms with Crippen molar-refractivity contribution in [1.29, 1.82) is 0 Å². The summed E-state index contributed by atoms with van der Waals surface area (Å²) in [6, 6.07) is 0. The third kappa shape index (κ3) is 1.61. The van der Waals surface area contributed by atoms with Gasteiger partial charge in [-0.05, 0) is 18.8 Å². The van der Waals surface area contributed by atoms with Crippen LogP contribution in [-0.2, 0) is 9.59 Å². The Morgan fingerprint density at radius 2 is 1.86 bits per heavy atom. The molecule has 1 amide bonds. The Labute approximate surface area is 82.9 Å². The molecule has 2 fully saturated rings. The van der Waals surface area contributed by atoms with E-state index in [-0.39, 0.29) is 17.7 Å². The number of carbonyl (C=O) groups is 2. The van der Waals surface area contributed by atoms with Gasteiger partial charge >= 0.3 is 5.97 Å². The summed E-state index contributed by atoms with van der Waals surface area (Å²) in [5, 5.41) is 9.04. The maximum atomic E-state index is 11.0. The number of hydrogen-bond donors (Lipinski definition) is 1. The van der Waals surface area contributed by atoms with E-state index in [0.29, 0.717) is 19.0 Å². The van der Waals surface area contributed by atoms with Crippen LogP contribution < -0.4 is 0 Å². The highest BCUT2D eigenvalue weighted by Gasteiger charge is 2.46. The molecule has 1 atom stereocenters. The zero-order chi connectivity index (χ0) is 10.3. The average Bonchev–Trinajstić information content (AvgIpc) is 2.75. The Morgan fingerprint density at radius 3 is 2.21 bits per heavy atom. The van der Waals surface area contributed by atoms with Crippen molar-refractivity contribution in [2.75, 3.05) is 13.1 Å². The van der Waals surface area contributed by atoms with Crippen LogP contribution in [0.2, 0.25) is 0 Å². The van der Waals surface area contributed by atoms with E-state index in [0.717, 1.165) is 12.8 Å². The predicted octanol–water partition coefficient (Wildman–Crippen LogP) is 0.575. The summed E-state index contributed by atoms with van der Waals surface area (Å²) in [5.74, 6) is -0.247. The highest BCUT2D eigenvalue weighted by Crippen LogP contribution is 2.43. The standard InChI is InChI=1S/C10H15NO3/c1-6(12)11-4-8(5-11)9(10(13)14)7-2-3-7/h7-9H,2-5H2,1H3,(H,13,14). The fourth-order valence-electron chi connectivity index (χ4n) is 2.24. The normalized spacial score (nSPS) is 24.2. The van der Waals surface area contributed by atoms with E-state index in [4.69, 9.17) is 5.11 Å². The lowest BCUT2D eigenvalue weighted by Gasteiger charge is -2.41. The Balaban J connectivity index is 1.89. The number of likely N-dealkylation sites (tertiary alicyclic amines) is 1. The lowest BCUT2D eigenvalue weighted by molar-refractivity contribution is -0.151. The largest absolute Gasteiger partial charge is 0.481 e. The molecule has 1 aliphatic carbocycles. The summed E-state index contributed by atoms with van der Waals surface area (Å²) in [6.07, 6.45) is 2.10. The molecule has 78 valence electrons. The van der Waals surface area contributed by atoms with Crippen LogP contribution in [0, 0.1) is 17.8 Å². The fraction of sp³-hybridized carbons (Fsp3) is 0.800. The molecule has 0 spiro atoms. The molecule has 4 heteroatoms. The van der Waals surface area contributed by atoms with Crippen LogP contribution in [0.4, 0.5) is 0 Å². The maximum Gasteiger partial charge on any atom is 0.307 e. The van der Waals surface area contributed by atoms with Gasteiger partial charge < -0.3 is 10.0 Å². The summed E-state index contributed by atoms with van der Waals surface area (Å²) in [5.41, 5.74) is 0. The second-order valence-electron chi connectivity index (χ2n) is 4.39. The summed E-state index contributed by atoms with van der Waals surface area (Å²) in [4.78, 5) is 23.6. The minimum absolute atomic E-state index is 0.0567. The first-order chi connectivity index (χ1) is 6.59. The Kier molecular flexibility index (Phi) is 2.21. The summed E-state index contributed by atoms with van der Waals surface area (Å²) in [7, 11) is 0. The average molecular weight is 197 g/mol. The first kappa shape index (κ1) is 9.49. The second kappa shape index (κ2) is 3.26. The monoisotopic (exact) mass is 197 g/mol. The van der Waals surface area contributed by atoms with Crippen molar-refractivity contribution in [3.05, 3.63) is 0 Å². The van der Waals surface area contributed by atoms with E-state index in [1.165, 1.54) is 6.92 Å². The van der Waals surface area contributed by atoms with Crippen LogP contribution in [0.15, 0.2) is 0 Å². The molecule has 0 radical (unpaired) electrons. The molecule has 1 aliphatic heterocycles. The molecule has 0 aromatic heterocycles. The van der Waals surface area contributed by atoms with Gasteiger partial charge in [0.25, 0.3) is 0 Å². The quantitative estimate of drug-likeness (QED) is 0.719. The number of nitrogens with zero attached hydrogens (tertiary/aromatic N) is 1. The van der Waals surface area contributed by atoms with Crippen LogP contribution >= 0.6 is 0 Å². The van der Waals surface area contributed by atoms with Gasteiger partial charge in [0.15, 0.2) is 0 Å². The van der Waals surface area contributed by atoms with E-state index in [2.05, 4.69) is 0 Å². The molecule has 0 aromatic carbocycles. The predicted molar refractivity (Wildman–Crippen MR) is 49.6 cm³/mol. The van der Waals surface area contributed by atoms with Gasteiger partial charge in [0.2, 0.25) is 5.91 Å². The van der Waals surface area contributed by atoms with Crippen molar-refractivity contribution in [3.63, 3.8) is 0 Å². The molecule has 1 unspecified atom stereocenters. The smallest absolute Gasteiger partial charge is 0.307 e. The first-order valence-corrected chi connectivity index (χ1v) is 5.08. The molecule has 14 heavy (non-hydrogen) atoms. The zero-order valence-corrected chi connectivity index (χ0v) is 8.27. The Hall–Kier alpha value is -1.06. The number of aliphatic carboxylic acids is 1. The number of rotatable bonds is 3. The van der Waals surface area contributed by atoms with Crippen molar-refractivity contribution in [1.82, 2.24) is 4.90 Å². The fourth-order valence-corrected chi connectivity index (χ4v) is 2.24. The van der Waals surface area contributed by atoms with E-state index >= 15 is 0 Å². The minimum Gasteiger partial charge on any atom is -0.481 e. The number of amides is 1. The van der Waals surface area contributed by atoms with E-state index in [1.807, 2.05) is 0 Å². The van der Waals surface area contributed by atoms with Crippen LogP contribution in [0.1, 0.15) is 19.8 Å². The molecule has 1 saturated carbocycles. The number of carbonyl (C=O) groups excluding carboxylic acids is 1. The SMILES string of the molecule is CC(=O)N1CC(C(C(=O)O)C2CC2)C1. The van der Waals surface area contributed by atoms with Gasteiger partial charge in [-0.15, -0.1) is 0 Å². The van der Waals surface area contributed by atoms with E-state index < -0.39 is 5.97 Å². The molecule has 1 N–H and O–H groups in total. The third-order valence-electron chi connectivity index (χ3n) is 3.28. The Morgan fingerprint density at radius 1 is 1.29 bits per heavy atom. The minimum atomic E-state index is -0.680. The van der Waals surface area contributed by atoms with Gasteiger partial charge in [-0.2, -0.15) is 0 Å². The second-order valence-corrected chi connectivity index (χ2v) is 4.39. The zero-order valence-electron chi connectivity index (χ0n) is 8.27. The summed E-state index contributed by atoms with van der Waals surface area (Å²) in [6.45, 7) is 2.81. The number of carboxylic acids is 1. The van der Waals surface area contributed by atoms with Gasteiger partial charge in [0, 0.05) is 25.9 Å². The Bertz CT molecular complexity index is 267. The highest BCUT2D eigenvalue weighted by atomic mass is 16.4. The van der Waals surface area contributed by atoms with E-state index in [1.54, 1.807) is 4.90 Å². The van der Waals surface area contributed by atoms with Crippen molar-refractivity contribution in [2.24, 2.45) is 17.8 Å². The summed E-state index contributed by atoms with van der Waals surface area (Å²) < 4.78 is 0. The number of hydrogen-bond acceptors (Lipinski definition) is 2. The van der Waals surface area contributed by atoms with Crippen molar-refractivity contribution in [3.8, 4) is 0 Å². The van der Waals surface area contributed by atoms with Crippen molar-refractivity contribution in [2.45, 2.75) is 19.8 Å². The van der Waals surface area contributed by atoms with Gasteiger partial charge in [-0.3, -0.25) is 9.59 Å². The van der Waals surface area contributed by atoms with Crippen LogP contribution in [-0.4, -0.2) is 35.0 Å². The van der Waals surface area contributed by atoms with Gasteiger partial charge in [0.1, 0.15) is 0 Å². The molecule has 1 saturated heterocycles. The molecule has 2 aliphatic rings. The summed E-state index contributed by atoms with van der Waals surface area (Å²) >= 11 is 0. The molecule has 4 nitrogen and oxygen atoms in total. The third-order valence-corrected chi connectivity index (χ3v) is 3.28. The van der Waals surface area contributed by atoms with Crippen LogP contribution in [0.5, 0.6) is 0 Å². The lowest BCUT2D eigenvalue weighted by Crippen LogP contribution is -2.53. The molecule has 0 aromatic rings. The van der Waals surface area contributed by atoms with Gasteiger partial charge in [-0.25, -0.2) is 0 Å². The van der Waals surface area contributed by atoms with Gasteiger partial charge in [-0.1, -0.05) is 0 Å². The molecule has 0 bridgehead atoms. The van der Waals surface area contributed by atoms with Crippen molar-refractivity contribution >= 4 is 11.9 Å². The topological polar surface area (TPSA) is 57.6 Å². The highest BCUT2D eigenvalue weighted by molar-refractivity contribution is 5.75. The van der Waals surface area contributed by atoms with Crippen LogP contribution in [0.25, 0.3) is 0 Å². The van der Waals surface area contributed by atoms with Gasteiger partial charge in [0.05, 0.1) is 5.92 Å². The first-order valence-electron chi connectivity index (χ1n) is 5.08. The van der Waals surface area contributed by atoms with Crippen LogP contribution in [0.3, 0.4) is 0 Å². The number of carboxylic acid groups (broad SMARTS) is 1. The molecule has 1 heterocycles. The van der Waals surface area contributed by atoms with E-state index in [9.17, 15) is 9.59 Å². The maximum absolute atomic E-state index is 11.0. The lowest BCUT2D eigenvalue weighted by atomic mass is 9.82. The van der Waals surface area contributed by atoms with Crippen molar-refractivity contribution < 1.29 is 14.7 Å². The molecular formula is C10H15NO3. The molecular weight excluding hydrogens is 182 g/mol.